The Balaban J connectivity index is 1.26. The Bertz CT molecular complexity index is 949. The van der Waals surface area contributed by atoms with Crippen LogP contribution in [-0.4, -0.2) is 58.4 Å². The molecule has 10 heteroatoms. The van der Waals surface area contributed by atoms with Crippen LogP contribution in [0.25, 0.3) is 11.5 Å². The fourth-order valence-electron chi connectivity index (χ4n) is 4.84. The third-order valence-electron chi connectivity index (χ3n) is 6.48. The van der Waals surface area contributed by atoms with Gasteiger partial charge in [0.15, 0.2) is 17.3 Å². The monoisotopic (exact) mass is 416 g/mol. The minimum Gasteiger partial charge on any atom is -0.454 e. The number of benzene rings is 1. The molecule has 4 N–H and O–H groups in total. The van der Waals surface area contributed by atoms with E-state index < -0.39 is 18.1 Å². The summed E-state index contributed by atoms with van der Waals surface area (Å²) < 4.78 is 16.0. The van der Waals surface area contributed by atoms with Gasteiger partial charge < -0.3 is 34.8 Å². The first-order chi connectivity index (χ1) is 14.5. The lowest BCUT2D eigenvalue weighted by Crippen LogP contribution is -2.55. The Morgan fingerprint density at radius 1 is 1.20 bits per heavy atom. The molecule has 0 radical (unpaired) electrons. The Morgan fingerprint density at radius 3 is 2.87 bits per heavy atom. The van der Waals surface area contributed by atoms with Gasteiger partial charge in [-0.3, -0.25) is 4.79 Å². The fraction of sp³-hybridized carbons (Fsp3) is 0.550. The molecule has 160 valence electrons. The first-order valence-corrected chi connectivity index (χ1v) is 10.1. The van der Waals surface area contributed by atoms with Crippen molar-refractivity contribution in [2.75, 3.05) is 19.9 Å². The van der Waals surface area contributed by atoms with Crippen LogP contribution in [0, 0.1) is 23.7 Å². The molecule has 3 aliphatic rings. The number of ether oxygens (including phenoxy) is 2. The predicted octanol–water partition coefficient (Wildman–Crippen LogP) is -0.0952. The second-order valence-electron chi connectivity index (χ2n) is 8.15. The number of carbonyl (C=O) groups excluding carboxylic acids is 1. The summed E-state index contributed by atoms with van der Waals surface area (Å²) in [5, 5.41) is 30.7. The van der Waals surface area contributed by atoms with Gasteiger partial charge in [-0.15, -0.1) is 0 Å². The maximum atomic E-state index is 12.9. The van der Waals surface area contributed by atoms with Gasteiger partial charge in [0.1, 0.15) is 0 Å². The van der Waals surface area contributed by atoms with Gasteiger partial charge in [-0.1, -0.05) is 12.1 Å². The van der Waals surface area contributed by atoms with Gasteiger partial charge in [-0.05, 0) is 36.6 Å². The summed E-state index contributed by atoms with van der Waals surface area (Å²) in [6.07, 6.45) is -1.74. The Kier molecular flexibility index (Phi) is 4.84. The summed E-state index contributed by atoms with van der Waals surface area (Å²) in [6, 6.07) is 5.34. The van der Waals surface area contributed by atoms with Crippen LogP contribution >= 0.6 is 0 Å². The van der Waals surface area contributed by atoms with Crippen LogP contribution in [0.4, 0.5) is 0 Å². The van der Waals surface area contributed by atoms with Crippen molar-refractivity contribution in [2.45, 2.75) is 25.7 Å². The normalized spacial score (nSPS) is 32.1. The van der Waals surface area contributed by atoms with Crippen molar-refractivity contribution in [1.29, 1.82) is 0 Å². The molecule has 1 aromatic heterocycles. The lowest BCUT2D eigenvalue weighted by molar-refractivity contribution is -0.146. The lowest BCUT2D eigenvalue weighted by atomic mass is 9.65. The van der Waals surface area contributed by atoms with Gasteiger partial charge in [0, 0.05) is 23.9 Å². The molecular weight excluding hydrogens is 392 g/mol. The van der Waals surface area contributed by atoms with E-state index >= 15 is 0 Å². The molecule has 0 unspecified atom stereocenters. The SMILES string of the molecule is C[C@H]1[C@H](O)[C@@H](O)[C@H]2CNC[C@@H]2[C@H]1C(=O)NCc1noc(-c2ccc3c(c2)OCO3)n1. The number of amides is 1. The number of rotatable bonds is 4. The first-order valence-electron chi connectivity index (χ1n) is 10.1. The van der Waals surface area contributed by atoms with E-state index in [1.165, 1.54) is 0 Å². The van der Waals surface area contributed by atoms with Crippen LogP contribution < -0.4 is 20.1 Å². The van der Waals surface area contributed by atoms with Crippen LogP contribution in [0.5, 0.6) is 11.5 Å². The van der Waals surface area contributed by atoms with E-state index in [-0.39, 0.29) is 37.0 Å². The molecule has 30 heavy (non-hydrogen) atoms. The molecule has 1 saturated carbocycles. The highest BCUT2D eigenvalue weighted by atomic mass is 16.7. The molecule has 1 aliphatic carbocycles. The summed E-state index contributed by atoms with van der Waals surface area (Å²) >= 11 is 0. The van der Waals surface area contributed by atoms with E-state index in [2.05, 4.69) is 20.8 Å². The van der Waals surface area contributed by atoms with Crippen LogP contribution in [0.1, 0.15) is 12.7 Å². The first kappa shape index (κ1) is 19.3. The van der Waals surface area contributed by atoms with Gasteiger partial charge in [0.2, 0.25) is 12.7 Å². The average molecular weight is 416 g/mol. The Labute approximate surface area is 172 Å². The average Bonchev–Trinajstić information content (AvgIpc) is 3.50. The lowest BCUT2D eigenvalue weighted by Gasteiger charge is -2.43. The van der Waals surface area contributed by atoms with E-state index in [1.54, 1.807) is 25.1 Å². The van der Waals surface area contributed by atoms with Gasteiger partial charge in [0.05, 0.1) is 18.8 Å². The maximum Gasteiger partial charge on any atom is 0.258 e. The Morgan fingerprint density at radius 2 is 2.00 bits per heavy atom. The molecule has 1 amide bonds. The second-order valence-corrected chi connectivity index (χ2v) is 8.15. The molecule has 2 aromatic rings. The van der Waals surface area contributed by atoms with Gasteiger partial charge in [-0.2, -0.15) is 4.98 Å². The molecule has 1 saturated heterocycles. The number of nitrogens with one attached hydrogen (secondary N) is 2. The highest BCUT2D eigenvalue weighted by molar-refractivity contribution is 5.79. The number of carbonyl (C=O) groups is 1. The standard InChI is InChI=1S/C20H24N4O6/c1-9-16(11-5-21-6-12(11)18(26)17(9)25)19(27)22-7-15-23-20(30-24-15)10-2-3-13-14(4-10)29-8-28-13/h2-4,9,11-12,16-18,21,25-26H,5-8H2,1H3,(H,22,27)/t9-,11+,12+,16+,17+,18+/m1/s1. The predicted molar refractivity (Wildman–Crippen MR) is 102 cm³/mol. The molecule has 3 heterocycles. The summed E-state index contributed by atoms with van der Waals surface area (Å²) in [5.74, 6) is 0.874. The van der Waals surface area contributed by atoms with Crippen molar-refractivity contribution in [1.82, 2.24) is 20.8 Å². The number of hydrogen-bond acceptors (Lipinski definition) is 9. The van der Waals surface area contributed by atoms with Crippen molar-refractivity contribution in [2.24, 2.45) is 23.7 Å². The second kappa shape index (κ2) is 7.53. The maximum absolute atomic E-state index is 12.9. The molecule has 5 rings (SSSR count). The highest BCUT2D eigenvalue weighted by Crippen LogP contribution is 2.41. The van der Waals surface area contributed by atoms with Crippen LogP contribution in [-0.2, 0) is 11.3 Å². The van der Waals surface area contributed by atoms with Crippen molar-refractivity contribution in [3.8, 4) is 23.0 Å². The molecule has 10 nitrogen and oxygen atoms in total. The topological polar surface area (TPSA) is 139 Å². The summed E-state index contributed by atoms with van der Waals surface area (Å²) in [6.45, 7) is 3.34. The van der Waals surface area contributed by atoms with Crippen LogP contribution in [0.2, 0.25) is 0 Å². The highest BCUT2D eigenvalue weighted by Gasteiger charge is 2.52. The third kappa shape index (κ3) is 3.21. The van der Waals surface area contributed by atoms with Crippen molar-refractivity contribution < 1.29 is 29.0 Å². The van der Waals surface area contributed by atoms with E-state index in [0.717, 1.165) is 0 Å². The number of aromatic nitrogens is 2. The fourth-order valence-corrected chi connectivity index (χ4v) is 4.84. The zero-order valence-corrected chi connectivity index (χ0v) is 16.4. The molecule has 2 aliphatic heterocycles. The van der Waals surface area contributed by atoms with Gasteiger partial charge >= 0.3 is 0 Å². The van der Waals surface area contributed by atoms with Crippen LogP contribution in [0.15, 0.2) is 22.7 Å². The van der Waals surface area contributed by atoms with Gasteiger partial charge in [-0.25, -0.2) is 0 Å². The number of nitrogens with zero attached hydrogens (tertiary/aromatic N) is 2. The molecular formula is C20H24N4O6. The summed E-state index contributed by atoms with van der Waals surface area (Å²) in [4.78, 5) is 17.3. The van der Waals surface area contributed by atoms with Gasteiger partial charge in [0.25, 0.3) is 5.89 Å². The molecule has 2 fully saturated rings. The van der Waals surface area contributed by atoms with E-state index in [0.29, 0.717) is 41.9 Å². The van der Waals surface area contributed by atoms with E-state index in [1.807, 2.05) is 0 Å². The molecule has 0 bridgehead atoms. The summed E-state index contributed by atoms with van der Waals surface area (Å²) in [7, 11) is 0. The molecule has 0 spiro atoms. The zero-order chi connectivity index (χ0) is 20.8. The number of hydrogen-bond donors (Lipinski definition) is 4. The van der Waals surface area contributed by atoms with Crippen molar-refractivity contribution in [3.05, 3.63) is 24.0 Å². The quantitative estimate of drug-likeness (QED) is 0.538. The van der Waals surface area contributed by atoms with Crippen molar-refractivity contribution >= 4 is 5.91 Å². The molecule has 1 aromatic carbocycles. The minimum atomic E-state index is -0.926. The number of fused-ring (bicyclic) bond motifs is 2. The number of aliphatic hydroxyl groups excluding tert-OH is 2. The largest absolute Gasteiger partial charge is 0.454 e. The molecule has 6 atom stereocenters. The minimum absolute atomic E-state index is 0.0205. The van der Waals surface area contributed by atoms with E-state index in [4.69, 9.17) is 14.0 Å². The third-order valence-corrected chi connectivity index (χ3v) is 6.48. The zero-order valence-electron chi connectivity index (χ0n) is 16.4. The smallest absolute Gasteiger partial charge is 0.258 e. The van der Waals surface area contributed by atoms with Crippen LogP contribution in [0.3, 0.4) is 0 Å². The number of aliphatic hydroxyl groups is 2. The summed E-state index contributed by atoms with van der Waals surface area (Å²) in [5.41, 5.74) is 0.696. The van der Waals surface area contributed by atoms with E-state index in [9.17, 15) is 15.0 Å². The Hall–Kier alpha value is -2.69. The van der Waals surface area contributed by atoms with Crippen molar-refractivity contribution in [3.63, 3.8) is 0 Å².